The molecule has 0 fully saturated rings. The summed E-state index contributed by atoms with van der Waals surface area (Å²) in [6, 6.07) is 2.80. The van der Waals surface area contributed by atoms with Crippen molar-refractivity contribution in [2.24, 2.45) is 5.73 Å². The summed E-state index contributed by atoms with van der Waals surface area (Å²) in [7, 11) is 0. The van der Waals surface area contributed by atoms with Gasteiger partial charge in [0.2, 0.25) is 5.91 Å². The molecule has 0 bridgehead atoms. The highest BCUT2D eigenvalue weighted by molar-refractivity contribution is 5.84. The molecule has 1 rings (SSSR count). The Bertz CT molecular complexity index is 654. The van der Waals surface area contributed by atoms with Crippen molar-refractivity contribution in [2.75, 3.05) is 6.54 Å². The van der Waals surface area contributed by atoms with Crippen molar-refractivity contribution in [2.45, 2.75) is 52.2 Å². The Kier molecular flexibility index (Phi) is 9.87. The van der Waals surface area contributed by atoms with E-state index in [0.717, 1.165) is 0 Å². The van der Waals surface area contributed by atoms with Crippen LogP contribution in [0.2, 0.25) is 0 Å². The molecule has 1 aromatic carbocycles. The lowest BCUT2D eigenvalue weighted by Crippen LogP contribution is -2.44. The molecule has 9 nitrogen and oxygen atoms in total. The molecule has 0 aliphatic carbocycles. The van der Waals surface area contributed by atoms with Crippen molar-refractivity contribution >= 4 is 17.8 Å². The number of esters is 1. The van der Waals surface area contributed by atoms with Gasteiger partial charge in [0.25, 0.3) is 0 Å². The summed E-state index contributed by atoms with van der Waals surface area (Å²) >= 11 is 0. The van der Waals surface area contributed by atoms with E-state index in [1.807, 2.05) is 20.8 Å². The van der Waals surface area contributed by atoms with Gasteiger partial charge in [-0.2, -0.15) is 0 Å². The van der Waals surface area contributed by atoms with E-state index in [9.17, 15) is 19.5 Å². The summed E-state index contributed by atoms with van der Waals surface area (Å²) in [5.74, 6) is -2.56. The normalized spacial score (nSPS) is 11.6. The smallest absolute Gasteiger partial charge is 0.326 e. The van der Waals surface area contributed by atoms with Crippen molar-refractivity contribution in [1.82, 2.24) is 5.32 Å². The van der Waals surface area contributed by atoms with Crippen LogP contribution in [0.5, 0.6) is 11.5 Å². The SMILES string of the molecule is CCC(=O)OC(C)(C)C.NCC(=O)NC(Cc1ccc(O)c(O)c1)C(=O)O. The van der Waals surface area contributed by atoms with Crippen LogP contribution in [0.25, 0.3) is 0 Å². The second-order valence-corrected chi connectivity index (χ2v) is 6.63. The lowest BCUT2D eigenvalue weighted by molar-refractivity contribution is -0.154. The van der Waals surface area contributed by atoms with Crippen LogP contribution in [0.15, 0.2) is 18.2 Å². The van der Waals surface area contributed by atoms with Gasteiger partial charge in [0.15, 0.2) is 11.5 Å². The van der Waals surface area contributed by atoms with E-state index >= 15 is 0 Å². The van der Waals surface area contributed by atoms with E-state index in [0.29, 0.717) is 12.0 Å². The lowest BCUT2D eigenvalue weighted by atomic mass is 10.1. The number of carbonyl (C=O) groups is 3. The summed E-state index contributed by atoms with van der Waals surface area (Å²) in [4.78, 5) is 32.6. The third-order valence-corrected chi connectivity index (χ3v) is 3.01. The maximum atomic E-state index is 11.0. The van der Waals surface area contributed by atoms with Crippen LogP contribution in [-0.2, 0) is 25.5 Å². The minimum atomic E-state index is -1.20. The number of phenols is 2. The van der Waals surface area contributed by atoms with Crippen molar-refractivity contribution in [3.05, 3.63) is 23.8 Å². The number of phenolic OH excluding ortho intramolecular Hbond substituents is 2. The van der Waals surface area contributed by atoms with Crippen molar-refractivity contribution in [1.29, 1.82) is 0 Å². The van der Waals surface area contributed by atoms with Gasteiger partial charge >= 0.3 is 11.9 Å². The summed E-state index contributed by atoms with van der Waals surface area (Å²) in [6.07, 6.45) is 0.437. The first-order valence-corrected chi connectivity index (χ1v) is 8.34. The number of ether oxygens (including phenoxy) is 1. The van der Waals surface area contributed by atoms with Crippen molar-refractivity contribution < 1.29 is 34.4 Å². The Morgan fingerprint density at radius 2 is 1.78 bits per heavy atom. The second-order valence-electron chi connectivity index (χ2n) is 6.63. The molecule has 0 aliphatic heterocycles. The molecule has 9 heteroatoms. The van der Waals surface area contributed by atoms with Crippen LogP contribution in [0.1, 0.15) is 39.7 Å². The van der Waals surface area contributed by atoms with Crippen molar-refractivity contribution in [3.63, 3.8) is 0 Å². The number of hydrogen-bond donors (Lipinski definition) is 5. The van der Waals surface area contributed by atoms with E-state index in [1.165, 1.54) is 18.2 Å². The Labute approximate surface area is 158 Å². The van der Waals surface area contributed by atoms with Crippen molar-refractivity contribution in [3.8, 4) is 11.5 Å². The predicted molar refractivity (Wildman–Crippen MR) is 98.2 cm³/mol. The number of nitrogens with one attached hydrogen (secondary N) is 1. The molecule has 0 aliphatic rings. The van der Waals surface area contributed by atoms with Crippen LogP contribution in [0.3, 0.4) is 0 Å². The molecular formula is C18H28N2O7. The fraction of sp³-hybridized carbons (Fsp3) is 0.500. The number of aliphatic carboxylic acids is 1. The Hall–Kier alpha value is -2.81. The molecule has 0 radical (unpaired) electrons. The van der Waals surface area contributed by atoms with E-state index < -0.39 is 17.9 Å². The monoisotopic (exact) mass is 384 g/mol. The largest absolute Gasteiger partial charge is 0.504 e. The second kappa shape index (κ2) is 11.0. The number of benzene rings is 1. The maximum absolute atomic E-state index is 11.0. The highest BCUT2D eigenvalue weighted by atomic mass is 16.6. The molecule has 27 heavy (non-hydrogen) atoms. The molecule has 0 saturated carbocycles. The van der Waals surface area contributed by atoms with E-state index in [-0.39, 0.29) is 36.0 Å². The van der Waals surface area contributed by atoms with Gasteiger partial charge in [-0.25, -0.2) is 4.79 Å². The predicted octanol–water partition coefficient (Wildman–Crippen LogP) is 0.907. The molecule has 0 aromatic heterocycles. The summed E-state index contributed by atoms with van der Waals surface area (Å²) < 4.78 is 4.95. The molecule has 1 unspecified atom stereocenters. The Morgan fingerprint density at radius 3 is 2.15 bits per heavy atom. The van der Waals surface area contributed by atoms with Crippen LogP contribution in [-0.4, -0.2) is 51.4 Å². The Morgan fingerprint density at radius 1 is 1.19 bits per heavy atom. The van der Waals surface area contributed by atoms with Gasteiger partial charge < -0.3 is 31.1 Å². The molecular weight excluding hydrogens is 356 g/mol. The molecule has 152 valence electrons. The van der Waals surface area contributed by atoms with Gasteiger partial charge in [-0.3, -0.25) is 9.59 Å². The first kappa shape index (κ1) is 24.2. The van der Waals surface area contributed by atoms with Crippen LogP contribution < -0.4 is 11.1 Å². The van der Waals surface area contributed by atoms with Crippen LogP contribution >= 0.6 is 0 Å². The standard InChI is InChI=1S/C11H14N2O5.C7H14O2/c12-5-10(16)13-7(11(17)18)3-6-1-2-8(14)9(15)4-6;1-5-6(8)9-7(2,3)4/h1-2,4,7,14-15H,3,5,12H2,(H,13,16)(H,17,18);5H2,1-4H3. The maximum Gasteiger partial charge on any atom is 0.326 e. The molecule has 6 N–H and O–H groups in total. The molecule has 0 heterocycles. The Balaban J connectivity index is 0.000000636. The van der Waals surface area contributed by atoms with Gasteiger partial charge in [0.1, 0.15) is 11.6 Å². The fourth-order valence-electron chi connectivity index (χ4n) is 1.80. The zero-order valence-corrected chi connectivity index (χ0v) is 16.0. The minimum absolute atomic E-state index is 0.0189. The zero-order valence-electron chi connectivity index (χ0n) is 16.0. The number of hydrogen-bond acceptors (Lipinski definition) is 7. The number of carbonyl (C=O) groups excluding carboxylic acids is 2. The number of nitrogens with two attached hydrogens (primary N) is 1. The highest BCUT2D eigenvalue weighted by Crippen LogP contribution is 2.25. The fourth-order valence-corrected chi connectivity index (χ4v) is 1.80. The van der Waals surface area contributed by atoms with Gasteiger partial charge in [-0.1, -0.05) is 13.0 Å². The summed E-state index contributed by atoms with van der Waals surface area (Å²) in [5, 5.41) is 29.6. The summed E-state index contributed by atoms with van der Waals surface area (Å²) in [5.41, 5.74) is 5.22. The third-order valence-electron chi connectivity index (χ3n) is 3.01. The quantitative estimate of drug-likeness (QED) is 0.357. The topological polar surface area (TPSA) is 159 Å². The number of amides is 1. The number of carboxylic acid groups (broad SMARTS) is 1. The first-order valence-electron chi connectivity index (χ1n) is 8.34. The number of carboxylic acids is 1. The highest BCUT2D eigenvalue weighted by Gasteiger charge is 2.20. The van der Waals surface area contributed by atoms with E-state index in [1.54, 1.807) is 6.92 Å². The zero-order chi connectivity index (χ0) is 21.2. The van der Waals surface area contributed by atoms with Gasteiger partial charge in [-0.15, -0.1) is 0 Å². The number of rotatable bonds is 6. The molecule has 1 amide bonds. The van der Waals surface area contributed by atoms with Gasteiger partial charge in [0.05, 0.1) is 6.54 Å². The average molecular weight is 384 g/mol. The molecule has 0 saturated heterocycles. The van der Waals surface area contributed by atoms with E-state index in [2.05, 4.69) is 5.32 Å². The van der Waals surface area contributed by atoms with Crippen LogP contribution in [0.4, 0.5) is 0 Å². The lowest BCUT2D eigenvalue weighted by Gasteiger charge is -2.18. The van der Waals surface area contributed by atoms with Gasteiger partial charge in [-0.05, 0) is 38.5 Å². The minimum Gasteiger partial charge on any atom is -0.504 e. The third kappa shape index (κ3) is 10.7. The van der Waals surface area contributed by atoms with E-state index in [4.69, 9.17) is 20.7 Å². The van der Waals surface area contributed by atoms with Gasteiger partial charge in [0, 0.05) is 12.8 Å². The molecule has 0 spiro atoms. The van der Waals surface area contributed by atoms with Crippen LogP contribution in [0, 0.1) is 0 Å². The summed E-state index contributed by atoms with van der Waals surface area (Å²) in [6.45, 7) is 7.07. The molecule has 1 atom stereocenters. The average Bonchev–Trinajstić information content (AvgIpc) is 2.56. The molecule has 1 aromatic rings. The first-order chi connectivity index (χ1) is 12.4. The number of aromatic hydroxyl groups is 2.